The van der Waals surface area contributed by atoms with Crippen LogP contribution in [0.2, 0.25) is 0 Å². The van der Waals surface area contributed by atoms with Gasteiger partial charge in [0.05, 0.1) is 11.6 Å². The van der Waals surface area contributed by atoms with E-state index in [9.17, 15) is 4.79 Å². The van der Waals surface area contributed by atoms with Crippen LogP contribution in [-0.4, -0.2) is 0 Å². The van der Waals surface area contributed by atoms with Crippen LogP contribution in [0.5, 0.6) is 0 Å². The highest BCUT2D eigenvalue weighted by Gasteiger charge is 2.04. The number of hydrogen-bond donors (Lipinski definition) is 0. The van der Waals surface area contributed by atoms with Gasteiger partial charge < -0.3 is 4.42 Å². The molecule has 2 rings (SSSR count). The molecule has 0 bridgehead atoms. The fourth-order valence-corrected chi connectivity index (χ4v) is 1.75. The second-order valence-corrected chi connectivity index (χ2v) is 3.70. The Morgan fingerprint density at radius 2 is 1.93 bits per heavy atom. The third-order valence-electron chi connectivity index (χ3n) is 2.60. The summed E-state index contributed by atoms with van der Waals surface area (Å²) in [5.41, 5.74) is 0.887. The molecule has 0 aliphatic heterocycles. The van der Waals surface area contributed by atoms with Crippen LogP contribution < -0.4 is 5.63 Å². The number of hydrogen-bond acceptors (Lipinski definition) is 2. The van der Waals surface area contributed by atoms with Crippen LogP contribution in [0.25, 0.3) is 10.8 Å². The average molecular weight is 202 g/mol. The molecule has 0 amide bonds. The van der Waals surface area contributed by atoms with Crippen molar-refractivity contribution < 1.29 is 4.42 Å². The van der Waals surface area contributed by atoms with E-state index in [4.69, 9.17) is 4.42 Å². The minimum atomic E-state index is -0.245. The topological polar surface area (TPSA) is 30.2 Å². The summed E-state index contributed by atoms with van der Waals surface area (Å²) < 4.78 is 5.01. The van der Waals surface area contributed by atoms with Crippen LogP contribution >= 0.6 is 0 Å². The minimum Gasteiger partial charge on any atom is -0.431 e. The molecule has 2 heteroatoms. The SMILES string of the molecule is CCCCc1coc(=O)c2ccccc12. The highest BCUT2D eigenvalue weighted by Crippen LogP contribution is 2.17. The Kier molecular flexibility index (Phi) is 2.86. The zero-order chi connectivity index (χ0) is 10.7. The Hall–Kier alpha value is -1.57. The van der Waals surface area contributed by atoms with Gasteiger partial charge in [-0.15, -0.1) is 0 Å². The van der Waals surface area contributed by atoms with Gasteiger partial charge >= 0.3 is 5.63 Å². The van der Waals surface area contributed by atoms with Crippen LogP contribution in [0, 0.1) is 0 Å². The lowest BCUT2D eigenvalue weighted by Crippen LogP contribution is -2.01. The maximum Gasteiger partial charge on any atom is 0.343 e. The number of aryl methyl sites for hydroxylation is 1. The molecule has 0 unspecified atom stereocenters. The van der Waals surface area contributed by atoms with E-state index in [0.717, 1.165) is 30.2 Å². The first-order chi connectivity index (χ1) is 7.33. The van der Waals surface area contributed by atoms with Gasteiger partial charge in [-0.3, -0.25) is 0 Å². The van der Waals surface area contributed by atoms with Gasteiger partial charge in [0.2, 0.25) is 0 Å². The van der Waals surface area contributed by atoms with Crippen molar-refractivity contribution >= 4 is 10.8 Å². The molecule has 0 saturated carbocycles. The minimum absolute atomic E-state index is 0.245. The fraction of sp³-hybridized carbons (Fsp3) is 0.308. The molecular formula is C13H14O2. The zero-order valence-corrected chi connectivity index (χ0v) is 8.82. The summed E-state index contributed by atoms with van der Waals surface area (Å²) in [6.45, 7) is 2.15. The van der Waals surface area contributed by atoms with Crippen LogP contribution in [0.3, 0.4) is 0 Å². The van der Waals surface area contributed by atoms with Gasteiger partial charge in [0.1, 0.15) is 0 Å². The molecule has 0 spiro atoms. The predicted molar refractivity (Wildman–Crippen MR) is 61.1 cm³/mol. The molecule has 0 aliphatic carbocycles. The third kappa shape index (κ3) is 1.94. The van der Waals surface area contributed by atoms with Crippen molar-refractivity contribution in [3.8, 4) is 0 Å². The summed E-state index contributed by atoms with van der Waals surface area (Å²) in [5, 5.41) is 1.72. The van der Waals surface area contributed by atoms with E-state index in [1.165, 1.54) is 0 Å². The molecule has 1 aromatic heterocycles. The van der Waals surface area contributed by atoms with Crippen LogP contribution in [-0.2, 0) is 6.42 Å². The van der Waals surface area contributed by atoms with Crippen molar-refractivity contribution in [2.24, 2.45) is 0 Å². The lowest BCUT2D eigenvalue weighted by Gasteiger charge is -2.03. The van der Waals surface area contributed by atoms with Crippen molar-refractivity contribution in [2.45, 2.75) is 26.2 Å². The molecule has 0 aliphatic rings. The van der Waals surface area contributed by atoms with Crippen molar-refractivity contribution in [3.05, 3.63) is 46.5 Å². The van der Waals surface area contributed by atoms with E-state index in [1.807, 2.05) is 24.3 Å². The Morgan fingerprint density at radius 1 is 1.20 bits per heavy atom. The van der Waals surface area contributed by atoms with Gasteiger partial charge in [0.25, 0.3) is 0 Å². The monoisotopic (exact) mass is 202 g/mol. The van der Waals surface area contributed by atoms with Crippen molar-refractivity contribution in [1.82, 2.24) is 0 Å². The highest BCUT2D eigenvalue weighted by atomic mass is 16.4. The molecule has 0 saturated heterocycles. The Bertz CT molecular complexity index is 511. The van der Waals surface area contributed by atoms with Gasteiger partial charge in [-0.05, 0) is 29.9 Å². The maximum atomic E-state index is 11.4. The molecule has 0 atom stereocenters. The molecule has 15 heavy (non-hydrogen) atoms. The predicted octanol–water partition coefficient (Wildman–Crippen LogP) is 3.14. The molecule has 78 valence electrons. The van der Waals surface area contributed by atoms with E-state index in [0.29, 0.717) is 5.39 Å². The molecule has 2 aromatic rings. The normalized spacial score (nSPS) is 10.7. The highest BCUT2D eigenvalue weighted by molar-refractivity contribution is 5.83. The quantitative estimate of drug-likeness (QED) is 0.765. The zero-order valence-electron chi connectivity index (χ0n) is 8.82. The smallest absolute Gasteiger partial charge is 0.343 e. The van der Waals surface area contributed by atoms with E-state index >= 15 is 0 Å². The molecule has 0 fully saturated rings. The molecular weight excluding hydrogens is 188 g/mol. The molecule has 0 N–H and O–H groups in total. The van der Waals surface area contributed by atoms with Gasteiger partial charge in [-0.1, -0.05) is 31.5 Å². The van der Waals surface area contributed by atoms with Crippen LogP contribution in [0.15, 0.2) is 39.7 Å². The number of benzene rings is 1. The molecule has 2 nitrogen and oxygen atoms in total. The summed E-state index contributed by atoms with van der Waals surface area (Å²) in [6, 6.07) is 7.62. The molecule has 1 heterocycles. The van der Waals surface area contributed by atoms with Gasteiger partial charge in [-0.25, -0.2) is 4.79 Å². The lowest BCUT2D eigenvalue weighted by molar-refractivity contribution is 0.511. The van der Waals surface area contributed by atoms with Crippen molar-refractivity contribution in [3.63, 3.8) is 0 Å². The summed E-state index contributed by atoms with van der Waals surface area (Å²) in [5.74, 6) is 0. The maximum absolute atomic E-state index is 11.4. The Morgan fingerprint density at radius 3 is 2.67 bits per heavy atom. The first kappa shape index (κ1) is 9.97. The fourth-order valence-electron chi connectivity index (χ4n) is 1.75. The average Bonchev–Trinajstić information content (AvgIpc) is 2.29. The summed E-state index contributed by atoms with van der Waals surface area (Å²) in [6.07, 6.45) is 4.84. The largest absolute Gasteiger partial charge is 0.431 e. The van der Waals surface area contributed by atoms with E-state index < -0.39 is 0 Å². The van der Waals surface area contributed by atoms with Gasteiger partial charge in [0.15, 0.2) is 0 Å². The summed E-state index contributed by atoms with van der Waals surface area (Å²) in [7, 11) is 0. The van der Waals surface area contributed by atoms with E-state index in [2.05, 4.69) is 6.92 Å². The second-order valence-electron chi connectivity index (χ2n) is 3.70. The molecule has 0 radical (unpaired) electrons. The van der Waals surface area contributed by atoms with Crippen molar-refractivity contribution in [2.75, 3.05) is 0 Å². The first-order valence-corrected chi connectivity index (χ1v) is 5.32. The van der Waals surface area contributed by atoms with Crippen LogP contribution in [0.4, 0.5) is 0 Å². The second kappa shape index (κ2) is 4.30. The Balaban J connectivity index is 2.56. The summed E-state index contributed by atoms with van der Waals surface area (Å²) >= 11 is 0. The molecule has 1 aromatic carbocycles. The van der Waals surface area contributed by atoms with Crippen molar-refractivity contribution in [1.29, 1.82) is 0 Å². The third-order valence-corrected chi connectivity index (χ3v) is 2.60. The summed E-state index contributed by atoms with van der Waals surface area (Å²) in [4.78, 5) is 11.4. The van der Waals surface area contributed by atoms with Crippen LogP contribution in [0.1, 0.15) is 25.3 Å². The van der Waals surface area contributed by atoms with E-state index in [1.54, 1.807) is 6.26 Å². The van der Waals surface area contributed by atoms with Gasteiger partial charge in [0, 0.05) is 0 Å². The Labute approximate surface area is 88.5 Å². The van der Waals surface area contributed by atoms with E-state index in [-0.39, 0.29) is 5.63 Å². The van der Waals surface area contributed by atoms with Gasteiger partial charge in [-0.2, -0.15) is 0 Å². The first-order valence-electron chi connectivity index (χ1n) is 5.32. The number of rotatable bonds is 3. The standard InChI is InChI=1S/C13H14O2/c1-2-3-6-10-9-15-13(14)12-8-5-4-7-11(10)12/h4-5,7-9H,2-3,6H2,1H3. The lowest BCUT2D eigenvalue weighted by atomic mass is 10.0. The number of unbranched alkanes of at least 4 members (excludes halogenated alkanes) is 1. The number of fused-ring (bicyclic) bond motifs is 1.